The standard InChI is InChI=1S/C16H20N2O3/c1-12-11-18(8-7-15(12)20)16(21)14-6-5-13(10-17-14)4-2-3-9-19/h5-6,10,12,15,19-20H,3,7-9,11H2,1H3. The minimum absolute atomic E-state index is 0.0377. The van der Waals surface area contributed by atoms with Crippen molar-refractivity contribution in [2.24, 2.45) is 5.92 Å². The Morgan fingerprint density at radius 1 is 1.52 bits per heavy atom. The average molecular weight is 288 g/mol. The molecule has 5 heteroatoms. The fourth-order valence-electron chi connectivity index (χ4n) is 2.29. The zero-order chi connectivity index (χ0) is 15.2. The number of rotatable bonds is 2. The molecule has 2 atom stereocenters. The number of aromatic nitrogens is 1. The quantitative estimate of drug-likeness (QED) is 0.784. The lowest BCUT2D eigenvalue weighted by Crippen LogP contribution is -2.45. The molecule has 1 aliphatic heterocycles. The van der Waals surface area contributed by atoms with Crippen molar-refractivity contribution >= 4 is 5.91 Å². The second-order valence-electron chi connectivity index (χ2n) is 5.29. The van der Waals surface area contributed by atoms with E-state index in [-0.39, 0.29) is 24.5 Å². The highest BCUT2D eigenvalue weighted by Gasteiger charge is 2.28. The SMILES string of the molecule is CC1CN(C(=O)c2ccc(C#CCCO)cn2)CCC1O. The summed E-state index contributed by atoms with van der Waals surface area (Å²) in [7, 11) is 0. The Morgan fingerprint density at radius 2 is 2.33 bits per heavy atom. The summed E-state index contributed by atoms with van der Waals surface area (Å²) in [6, 6.07) is 3.42. The van der Waals surface area contributed by atoms with Crippen LogP contribution in [0.1, 0.15) is 35.8 Å². The van der Waals surface area contributed by atoms with Gasteiger partial charge in [0.25, 0.3) is 5.91 Å². The van der Waals surface area contributed by atoms with E-state index in [1.165, 1.54) is 0 Å². The van der Waals surface area contributed by atoms with E-state index < -0.39 is 0 Å². The molecule has 0 saturated carbocycles. The van der Waals surface area contributed by atoms with E-state index >= 15 is 0 Å². The molecule has 2 N–H and O–H groups in total. The summed E-state index contributed by atoms with van der Waals surface area (Å²) in [4.78, 5) is 18.2. The molecule has 1 amide bonds. The second-order valence-corrected chi connectivity index (χ2v) is 5.29. The number of hydrogen-bond donors (Lipinski definition) is 2. The van der Waals surface area contributed by atoms with Gasteiger partial charge in [-0.15, -0.1) is 0 Å². The van der Waals surface area contributed by atoms with E-state index in [9.17, 15) is 9.90 Å². The molecule has 1 fully saturated rings. The zero-order valence-corrected chi connectivity index (χ0v) is 12.1. The topological polar surface area (TPSA) is 73.7 Å². The molecule has 0 aliphatic carbocycles. The van der Waals surface area contributed by atoms with Crippen LogP contribution in [0.25, 0.3) is 0 Å². The molecule has 0 bridgehead atoms. The maximum absolute atomic E-state index is 12.3. The van der Waals surface area contributed by atoms with E-state index in [1.807, 2.05) is 6.92 Å². The lowest BCUT2D eigenvalue weighted by atomic mass is 9.96. The smallest absolute Gasteiger partial charge is 0.272 e. The Kier molecular flexibility index (Phi) is 5.32. The third kappa shape index (κ3) is 4.03. The zero-order valence-electron chi connectivity index (χ0n) is 12.1. The molecular weight excluding hydrogens is 268 g/mol. The number of likely N-dealkylation sites (tertiary alicyclic amines) is 1. The number of pyridine rings is 1. The molecule has 112 valence electrons. The molecule has 1 aromatic heterocycles. The van der Waals surface area contributed by atoms with Crippen molar-refractivity contribution in [2.45, 2.75) is 25.9 Å². The third-order valence-electron chi connectivity index (χ3n) is 3.60. The van der Waals surface area contributed by atoms with Crippen molar-refractivity contribution in [3.63, 3.8) is 0 Å². The molecule has 1 aliphatic rings. The lowest BCUT2D eigenvalue weighted by Gasteiger charge is -2.34. The van der Waals surface area contributed by atoms with Gasteiger partial charge >= 0.3 is 0 Å². The molecule has 2 unspecified atom stereocenters. The van der Waals surface area contributed by atoms with Gasteiger partial charge in [-0.25, -0.2) is 4.98 Å². The maximum Gasteiger partial charge on any atom is 0.272 e. The summed E-state index contributed by atoms with van der Waals surface area (Å²) in [5, 5.41) is 18.4. The first-order valence-corrected chi connectivity index (χ1v) is 7.15. The van der Waals surface area contributed by atoms with Gasteiger partial charge in [0.1, 0.15) is 5.69 Å². The van der Waals surface area contributed by atoms with Gasteiger partial charge in [0.05, 0.1) is 12.7 Å². The van der Waals surface area contributed by atoms with Crippen LogP contribution < -0.4 is 0 Å². The highest BCUT2D eigenvalue weighted by atomic mass is 16.3. The summed E-state index contributed by atoms with van der Waals surface area (Å²) >= 11 is 0. The van der Waals surface area contributed by atoms with E-state index in [0.717, 1.165) is 5.56 Å². The molecule has 2 rings (SSSR count). The summed E-state index contributed by atoms with van der Waals surface area (Å²) in [5.74, 6) is 5.67. The Balaban J connectivity index is 2.02. The minimum atomic E-state index is -0.328. The Morgan fingerprint density at radius 3 is 2.95 bits per heavy atom. The second kappa shape index (κ2) is 7.21. The van der Waals surface area contributed by atoms with Crippen LogP contribution in [0.4, 0.5) is 0 Å². The van der Waals surface area contributed by atoms with Crippen LogP contribution in [0.3, 0.4) is 0 Å². The Bertz CT molecular complexity index is 545. The number of piperidine rings is 1. The molecule has 5 nitrogen and oxygen atoms in total. The molecular formula is C16H20N2O3. The summed E-state index contributed by atoms with van der Waals surface area (Å²) in [6.45, 7) is 3.09. The van der Waals surface area contributed by atoms with Crippen LogP contribution in [-0.2, 0) is 0 Å². The van der Waals surface area contributed by atoms with Crippen LogP contribution in [0.5, 0.6) is 0 Å². The van der Waals surface area contributed by atoms with Crippen molar-refractivity contribution in [1.82, 2.24) is 9.88 Å². The fourth-order valence-corrected chi connectivity index (χ4v) is 2.29. The van der Waals surface area contributed by atoms with Gasteiger partial charge < -0.3 is 15.1 Å². The first-order valence-electron chi connectivity index (χ1n) is 7.15. The molecule has 1 saturated heterocycles. The molecule has 21 heavy (non-hydrogen) atoms. The van der Waals surface area contributed by atoms with Gasteiger partial charge in [-0.1, -0.05) is 18.8 Å². The van der Waals surface area contributed by atoms with Crippen LogP contribution in [0, 0.1) is 17.8 Å². The highest BCUT2D eigenvalue weighted by Crippen LogP contribution is 2.18. The molecule has 2 heterocycles. The van der Waals surface area contributed by atoms with Crippen molar-refractivity contribution in [3.05, 3.63) is 29.6 Å². The average Bonchev–Trinajstić information content (AvgIpc) is 2.50. The van der Waals surface area contributed by atoms with Gasteiger partial charge in [0.15, 0.2) is 0 Å². The summed E-state index contributed by atoms with van der Waals surface area (Å²) in [6.07, 6.45) is 2.28. The van der Waals surface area contributed by atoms with Crippen molar-refractivity contribution in [2.75, 3.05) is 19.7 Å². The predicted octanol–water partition coefficient (Wildman–Crippen LogP) is 0.658. The molecule has 0 radical (unpaired) electrons. The van der Waals surface area contributed by atoms with Gasteiger partial charge in [0, 0.05) is 31.3 Å². The fraction of sp³-hybridized carbons (Fsp3) is 0.500. The highest BCUT2D eigenvalue weighted by molar-refractivity contribution is 5.92. The normalized spacial score (nSPS) is 21.6. The number of aliphatic hydroxyl groups is 2. The maximum atomic E-state index is 12.3. The van der Waals surface area contributed by atoms with Gasteiger partial charge in [-0.3, -0.25) is 4.79 Å². The largest absolute Gasteiger partial charge is 0.395 e. The minimum Gasteiger partial charge on any atom is -0.395 e. The van der Waals surface area contributed by atoms with Crippen molar-refractivity contribution in [1.29, 1.82) is 0 Å². The van der Waals surface area contributed by atoms with Gasteiger partial charge in [0.2, 0.25) is 0 Å². The van der Waals surface area contributed by atoms with Crippen molar-refractivity contribution in [3.8, 4) is 11.8 Å². The third-order valence-corrected chi connectivity index (χ3v) is 3.60. The molecule has 0 spiro atoms. The number of nitrogens with zero attached hydrogens (tertiary/aromatic N) is 2. The van der Waals surface area contributed by atoms with Gasteiger partial charge in [-0.2, -0.15) is 0 Å². The van der Waals surface area contributed by atoms with E-state index in [4.69, 9.17) is 5.11 Å². The number of carbonyl (C=O) groups excluding carboxylic acids is 1. The molecule has 0 aromatic carbocycles. The van der Waals surface area contributed by atoms with Crippen molar-refractivity contribution < 1.29 is 15.0 Å². The first-order chi connectivity index (χ1) is 10.1. The van der Waals surface area contributed by atoms with Crippen LogP contribution in [-0.4, -0.2) is 51.8 Å². The first kappa shape index (κ1) is 15.5. The van der Waals surface area contributed by atoms with E-state index in [1.54, 1.807) is 23.2 Å². The summed E-state index contributed by atoms with van der Waals surface area (Å²) < 4.78 is 0. The van der Waals surface area contributed by atoms with E-state index in [2.05, 4.69) is 16.8 Å². The van der Waals surface area contributed by atoms with Gasteiger partial charge in [-0.05, 0) is 24.5 Å². The Hall–Kier alpha value is -1.90. The Labute approximate surface area is 124 Å². The molecule has 1 aromatic rings. The number of amides is 1. The number of carbonyl (C=O) groups is 1. The lowest BCUT2D eigenvalue weighted by molar-refractivity contribution is 0.0294. The van der Waals surface area contributed by atoms with E-state index in [0.29, 0.717) is 31.6 Å². The predicted molar refractivity (Wildman–Crippen MR) is 78.5 cm³/mol. The van der Waals surface area contributed by atoms with Crippen LogP contribution in [0.2, 0.25) is 0 Å². The number of aliphatic hydroxyl groups excluding tert-OH is 2. The summed E-state index contributed by atoms with van der Waals surface area (Å²) in [5.41, 5.74) is 1.12. The van der Waals surface area contributed by atoms with Crippen LogP contribution >= 0.6 is 0 Å². The number of hydrogen-bond acceptors (Lipinski definition) is 4. The van der Waals surface area contributed by atoms with Crippen LogP contribution in [0.15, 0.2) is 18.3 Å². The monoisotopic (exact) mass is 288 g/mol.